The van der Waals surface area contributed by atoms with Crippen LogP contribution in [0.5, 0.6) is 0 Å². The average molecular weight is 334 g/mol. The first-order valence-corrected chi connectivity index (χ1v) is 8.15. The highest BCUT2D eigenvalue weighted by atomic mass is 35.5. The van der Waals surface area contributed by atoms with Crippen LogP contribution in [0.25, 0.3) is 0 Å². The lowest BCUT2D eigenvalue weighted by Crippen LogP contribution is -2.41. The van der Waals surface area contributed by atoms with E-state index in [1.165, 1.54) is 5.56 Å². The van der Waals surface area contributed by atoms with E-state index in [0.29, 0.717) is 5.02 Å². The highest BCUT2D eigenvalue weighted by Crippen LogP contribution is 2.39. The summed E-state index contributed by atoms with van der Waals surface area (Å²) in [4.78, 5) is 11.2. The Morgan fingerprint density at radius 2 is 1.73 bits per heavy atom. The van der Waals surface area contributed by atoms with Gasteiger partial charge in [-0.05, 0) is 48.2 Å². The molecule has 3 atom stereocenters. The van der Waals surface area contributed by atoms with Crippen LogP contribution in [0.15, 0.2) is 48.5 Å². The van der Waals surface area contributed by atoms with Crippen molar-refractivity contribution >= 4 is 29.5 Å². The molecular formula is C18H17Cl2NO. The molecule has 1 aliphatic heterocycles. The first-order valence-electron chi connectivity index (χ1n) is 7.39. The van der Waals surface area contributed by atoms with Crippen LogP contribution in [0.4, 0.5) is 0 Å². The number of piperidine rings is 1. The van der Waals surface area contributed by atoms with Gasteiger partial charge < -0.3 is 10.1 Å². The number of hydrogen-bond donors (Lipinski definition) is 1. The lowest BCUT2D eigenvalue weighted by atomic mass is 9.79. The fraction of sp³-hybridized carbons (Fsp3) is 0.278. The molecule has 2 nitrogen and oxygen atoms in total. The summed E-state index contributed by atoms with van der Waals surface area (Å²) in [7, 11) is 0. The van der Waals surface area contributed by atoms with E-state index in [4.69, 9.17) is 23.2 Å². The highest BCUT2D eigenvalue weighted by Gasteiger charge is 2.31. The Balaban J connectivity index is 1.95. The molecule has 3 rings (SSSR count). The Hall–Kier alpha value is -1.35. The van der Waals surface area contributed by atoms with Crippen LogP contribution in [0.2, 0.25) is 10.0 Å². The van der Waals surface area contributed by atoms with E-state index in [9.17, 15) is 4.79 Å². The summed E-state index contributed by atoms with van der Waals surface area (Å²) in [6, 6.07) is 15.8. The molecule has 1 aliphatic rings. The first-order chi connectivity index (χ1) is 10.7. The van der Waals surface area contributed by atoms with Gasteiger partial charge in [0, 0.05) is 22.0 Å². The molecule has 1 heterocycles. The van der Waals surface area contributed by atoms with E-state index in [0.717, 1.165) is 29.7 Å². The Bertz CT molecular complexity index is 656. The van der Waals surface area contributed by atoms with Gasteiger partial charge in [-0.2, -0.15) is 0 Å². The van der Waals surface area contributed by atoms with Gasteiger partial charge in [0.2, 0.25) is 0 Å². The van der Waals surface area contributed by atoms with E-state index in [-0.39, 0.29) is 18.0 Å². The summed E-state index contributed by atoms with van der Waals surface area (Å²) in [6.07, 6.45) is 2.78. The van der Waals surface area contributed by atoms with Crippen molar-refractivity contribution in [3.05, 3.63) is 69.7 Å². The summed E-state index contributed by atoms with van der Waals surface area (Å²) < 4.78 is 0. The second kappa shape index (κ2) is 6.82. The third-order valence-corrected chi connectivity index (χ3v) is 4.74. The van der Waals surface area contributed by atoms with Crippen molar-refractivity contribution in [1.29, 1.82) is 0 Å². The molecule has 1 saturated heterocycles. The molecule has 1 fully saturated rings. The molecule has 0 saturated carbocycles. The molecule has 2 aromatic rings. The molecule has 0 aromatic heterocycles. The van der Waals surface area contributed by atoms with E-state index >= 15 is 0 Å². The van der Waals surface area contributed by atoms with Crippen LogP contribution in [-0.4, -0.2) is 12.3 Å². The van der Waals surface area contributed by atoms with E-state index in [1.807, 2.05) is 42.5 Å². The van der Waals surface area contributed by atoms with Gasteiger partial charge in [-0.1, -0.05) is 47.5 Å². The molecule has 2 aromatic carbocycles. The zero-order chi connectivity index (χ0) is 15.5. The smallest absolute Gasteiger partial charge is 0.136 e. The van der Waals surface area contributed by atoms with E-state index in [2.05, 4.69) is 11.4 Å². The Labute approximate surface area is 140 Å². The monoisotopic (exact) mass is 333 g/mol. The average Bonchev–Trinajstić information content (AvgIpc) is 2.55. The number of carbonyl (C=O) groups is 1. The summed E-state index contributed by atoms with van der Waals surface area (Å²) in [5.74, 6) is 0.288. The van der Waals surface area contributed by atoms with Crippen molar-refractivity contribution in [3.63, 3.8) is 0 Å². The molecule has 0 bridgehead atoms. The maximum absolute atomic E-state index is 11.2. The van der Waals surface area contributed by atoms with Crippen LogP contribution >= 0.6 is 23.2 Å². The van der Waals surface area contributed by atoms with E-state index in [1.54, 1.807) is 0 Å². The van der Waals surface area contributed by atoms with Gasteiger partial charge in [-0.3, -0.25) is 0 Å². The first kappa shape index (κ1) is 15.5. The second-order valence-electron chi connectivity index (χ2n) is 5.68. The van der Waals surface area contributed by atoms with Crippen molar-refractivity contribution in [2.24, 2.45) is 0 Å². The molecule has 4 heteroatoms. The highest BCUT2D eigenvalue weighted by molar-refractivity contribution is 6.30. The molecule has 0 spiro atoms. The van der Waals surface area contributed by atoms with Crippen molar-refractivity contribution in [2.75, 3.05) is 0 Å². The maximum Gasteiger partial charge on any atom is 0.136 e. The molecule has 3 unspecified atom stereocenters. The van der Waals surface area contributed by atoms with Crippen molar-refractivity contribution in [1.82, 2.24) is 5.32 Å². The quantitative estimate of drug-likeness (QED) is 0.819. The minimum Gasteiger partial charge on any atom is -0.302 e. The number of carbonyl (C=O) groups excluding carboxylic acids is 1. The number of nitrogens with one attached hydrogen (secondary N) is 1. The SMILES string of the molecule is O=CC1CCC(c2cccc(Cl)c2)C(c2ccc(Cl)cc2)N1. The zero-order valence-corrected chi connectivity index (χ0v) is 13.5. The fourth-order valence-electron chi connectivity index (χ4n) is 3.16. The fourth-order valence-corrected chi connectivity index (χ4v) is 3.48. The van der Waals surface area contributed by atoms with Gasteiger partial charge >= 0.3 is 0 Å². The van der Waals surface area contributed by atoms with Crippen LogP contribution in [0, 0.1) is 0 Å². The zero-order valence-electron chi connectivity index (χ0n) is 12.0. The maximum atomic E-state index is 11.2. The number of aldehydes is 1. The van der Waals surface area contributed by atoms with Crippen molar-refractivity contribution < 1.29 is 4.79 Å². The lowest BCUT2D eigenvalue weighted by Gasteiger charge is -2.36. The van der Waals surface area contributed by atoms with Gasteiger partial charge in [-0.15, -0.1) is 0 Å². The number of benzene rings is 2. The lowest BCUT2D eigenvalue weighted by molar-refractivity contribution is -0.110. The Morgan fingerprint density at radius 3 is 2.41 bits per heavy atom. The summed E-state index contributed by atoms with van der Waals surface area (Å²) in [5.41, 5.74) is 2.34. The molecule has 22 heavy (non-hydrogen) atoms. The number of hydrogen-bond acceptors (Lipinski definition) is 2. The Morgan fingerprint density at radius 1 is 0.955 bits per heavy atom. The standard InChI is InChI=1S/C18H17Cl2NO/c19-14-6-4-12(5-7-14)18-17(9-8-16(11-22)21-18)13-2-1-3-15(20)10-13/h1-7,10-11,16-18,21H,8-9H2. The number of halogens is 2. The molecule has 114 valence electrons. The molecule has 0 aliphatic carbocycles. The third-order valence-electron chi connectivity index (χ3n) is 4.25. The number of rotatable bonds is 3. The summed E-state index contributed by atoms with van der Waals surface area (Å²) in [6.45, 7) is 0. The largest absolute Gasteiger partial charge is 0.302 e. The third kappa shape index (κ3) is 3.35. The minimum absolute atomic E-state index is 0.0830. The Kier molecular flexibility index (Phi) is 4.82. The predicted octanol–water partition coefficient (Wildman–Crippen LogP) is 4.77. The van der Waals surface area contributed by atoms with Crippen LogP contribution in [-0.2, 0) is 4.79 Å². The van der Waals surface area contributed by atoms with Gasteiger partial charge in [0.05, 0.1) is 6.04 Å². The van der Waals surface area contributed by atoms with Gasteiger partial charge in [0.15, 0.2) is 0 Å². The molecule has 1 N–H and O–H groups in total. The predicted molar refractivity (Wildman–Crippen MR) is 90.6 cm³/mol. The topological polar surface area (TPSA) is 29.1 Å². The van der Waals surface area contributed by atoms with Crippen molar-refractivity contribution in [3.8, 4) is 0 Å². The van der Waals surface area contributed by atoms with E-state index < -0.39 is 0 Å². The molecule has 0 radical (unpaired) electrons. The van der Waals surface area contributed by atoms with Gasteiger partial charge in [0.1, 0.15) is 6.29 Å². The van der Waals surface area contributed by atoms with Crippen molar-refractivity contribution in [2.45, 2.75) is 30.8 Å². The van der Waals surface area contributed by atoms with Crippen LogP contribution < -0.4 is 5.32 Å². The summed E-state index contributed by atoms with van der Waals surface area (Å²) in [5, 5.41) is 4.91. The normalized spacial score (nSPS) is 24.9. The molecule has 0 amide bonds. The summed E-state index contributed by atoms with van der Waals surface area (Å²) >= 11 is 12.1. The van der Waals surface area contributed by atoms with Crippen LogP contribution in [0.1, 0.15) is 35.9 Å². The molecular weight excluding hydrogens is 317 g/mol. The minimum atomic E-state index is -0.101. The van der Waals surface area contributed by atoms with Gasteiger partial charge in [-0.25, -0.2) is 0 Å². The van der Waals surface area contributed by atoms with Gasteiger partial charge in [0.25, 0.3) is 0 Å². The van der Waals surface area contributed by atoms with Crippen LogP contribution in [0.3, 0.4) is 0 Å². The second-order valence-corrected chi connectivity index (χ2v) is 6.55.